The Hall–Kier alpha value is -2.76. The first-order valence-corrected chi connectivity index (χ1v) is 10.8. The highest BCUT2D eigenvalue weighted by atomic mass is 79.9. The molecule has 1 saturated heterocycles. The number of carbonyl (C=O) groups excluding carboxylic acids is 1. The van der Waals surface area contributed by atoms with Crippen LogP contribution in [0.4, 0.5) is 5.82 Å². The molecule has 3 heterocycles. The van der Waals surface area contributed by atoms with Gasteiger partial charge < -0.3 is 24.7 Å². The van der Waals surface area contributed by atoms with E-state index in [9.17, 15) is 4.79 Å². The Labute approximate surface area is 193 Å². The van der Waals surface area contributed by atoms with Crippen LogP contribution >= 0.6 is 15.9 Å². The molecule has 1 aliphatic heterocycles. The summed E-state index contributed by atoms with van der Waals surface area (Å²) < 4.78 is 24.2. The molecule has 170 valence electrons. The number of hydrogen-bond acceptors (Lipinski definition) is 9. The van der Waals surface area contributed by atoms with Crippen LogP contribution in [0.25, 0.3) is 11.2 Å². The first kappa shape index (κ1) is 22.4. The molecule has 11 heteroatoms. The Morgan fingerprint density at radius 3 is 2.81 bits per heavy atom. The molecule has 0 spiro atoms. The molecule has 0 aliphatic carbocycles. The molecule has 10 nitrogen and oxygen atoms in total. The molecule has 1 aromatic carbocycles. The van der Waals surface area contributed by atoms with E-state index >= 15 is 0 Å². The Morgan fingerprint density at radius 2 is 2.09 bits per heavy atom. The van der Waals surface area contributed by atoms with E-state index in [-0.39, 0.29) is 36.9 Å². The van der Waals surface area contributed by atoms with Crippen molar-refractivity contribution in [1.29, 1.82) is 0 Å². The smallest absolute Gasteiger partial charge is 0.320 e. The van der Waals surface area contributed by atoms with Gasteiger partial charge in [-0.05, 0) is 40.9 Å². The van der Waals surface area contributed by atoms with E-state index in [1.165, 1.54) is 7.11 Å². The monoisotopic (exact) mass is 505 g/mol. The van der Waals surface area contributed by atoms with Gasteiger partial charge in [0.1, 0.15) is 12.7 Å². The number of rotatable bonds is 7. The summed E-state index contributed by atoms with van der Waals surface area (Å²) in [4.78, 5) is 24.8. The summed E-state index contributed by atoms with van der Waals surface area (Å²) in [6.07, 6.45) is -0.0210. The number of halogens is 1. The van der Waals surface area contributed by atoms with Gasteiger partial charge in [-0.3, -0.25) is 9.36 Å². The van der Waals surface area contributed by atoms with Gasteiger partial charge in [0.15, 0.2) is 27.5 Å². The molecule has 2 aromatic heterocycles. The van der Waals surface area contributed by atoms with Crippen LogP contribution in [-0.2, 0) is 32.0 Å². The summed E-state index contributed by atoms with van der Waals surface area (Å²) in [5, 5.41) is 0. The van der Waals surface area contributed by atoms with E-state index in [1.54, 1.807) is 0 Å². The van der Waals surface area contributed by atoms with Gasteiger partial charge >= 0.3 is 12.0 Å². The summed E-state index contributed by atoms with van der Waals surface area (Å²) in [5.74, 6) is -0.712. The van der Waals surface area contributed by atoms with Gasteiger partial charge in [0.05, 0.1) is 26.7 Å². The van der Waals surface area contributed by atoms with Gasteiger partial charge in [-0.25, -0.2) is 4.98 Å². The maximum absolute atomic E-state index is 11.6. The number of nitrogens with zero attached hydrogens (tertiary/aromatic N) is 4. The number of benzene rings is 1. The van der Waals surface area contributed by atoms with Crippen molar-refractivity contribution in [2.75, 3.05) is 26.1 Å². The van der Waals surface area contributed by atoms with Crippen molar-refractivity contribution >= 4 is 38.9 Å². The topological polar surface area (TPSA) is 124 Å². The highest BCUT2D eigenvalue weighted by Crippen LogP contribution is 2.27. The number of imidazole rings is 1. The highest BCUT2D eigenvalue weighted by Gasteiger charge is 2.33. The van der Waals surface area contributed by atoms with Crippen LogP contribution in [0.3, 0.4) is 0 Å². The molecule has 32 heavy (non-hydrogen) atoms. The molecule has 2 N–H and O–H groups in total. The zero-order valence-electron chi connectivity index (χ0n) is 18.0. The van der Waals surface area contributed by atoms with E-state index in [2.05, 4.69) is 30.9 Å². The summed E-state index contributed by atoms with van der Waals surface area (Å²) >= 11 is 3.48. The predicted octanol–water partition coefficient (Wildman–Crippen LogP) is 2.47. The molecule has 0 radical (unpaired) electrons. The van der Waals surface area contributed by atoms with Gasteiger partial charge in [0.2, 0.25) is 0 Å². The van der Waals surface area contributed by atoms with E-state index in [4.69, 9.17) is 24.7 Å². The number of anilines is 1. The molecule has 1 aliphatic rings. The lowest BCUT2D eigenvalue weighted by atomic mass is 10.1. The van der Waals surface area contributed by atoms with Crippen molar-refractivity contribution in [3.63, 3.8) is 0 Å². The molecule has 3 aromatic rings. The van der Waals surface area contributed by atoms with Gasteiger partial charge in [-0.2, -0.15) is 9.97 Å². The minimum absolute atomic E-state index is 0.136. The third-order valence-electron chi connectivity index (χ3n) is 4.93. The average molecular weight is 506 g/mol. The van der Waals surface area contributed by atoms with Crippen LogP contribution in [0.5, 0.6) is 6.01 Å². The lowest BCUT2D eigenvalue weighted by Crippen LogP contribution is -2.25. The second-order valence-electron chi connectivity index (χ2n) is 7.87. The number of aromatic nitrogens is 4. The molecule has 0 amide bonds. The second-order valence-corrected chi connectivity index (χ2v) is 8.57. The Balaban J connectivity index is 1.56. The van der Waals surface area contributed by atoms with Crippen molar-refractivity contribution in [2.24, 2.45) is 0 Å². The lowest BCUT2D eigenvalue weighted by Gasteiger charge is -2.17. The number of esters is 1. The van der Waals surface area contributed by atoms with Gasteiger partial charge in [-0.1, -0.05) is 24.3 Å². The SMILES string of the molecule is COC(=O)Cc1cccc(Cn2c(Br)nc3c(N)nc(OCC4COC(C)(C)O4)nc32)c1. The maximum Gasteiger partial charge on any atom is 0.320 e. The van der Waals surface area contributed by atoms with Crippen molar-refractivity contribution < 1.29 is 23.7 Å². The number of ether oxygens (including phenoxy) is 4. The largest absolute Gasteiger partial charge is 0.469 e. The van der Waals surface area contributed by atoms with E-state index < -0.39 is 5.79 Å². The fourth-order valence-corrected chi connectivity index (χ4v) is 3.92. The maximum atomic E-state index is 11.6. The minimum atomic E-state index is -0.635. The summed E-state index contributed by atoms with van der Waals surface area (Å²) in [5.41, 5.74) is 8.94. The van der Waals surface area contributed by atoms with Crippen LogP contribution in [0.1, 0.15) is 25.0 Å². The van der Waals surface area contributed by atoms with Crippen molar-refractivity contribution in [2.45, 2.75) is 38.7 Å². The van der Waals surface area contributed by atoms with Crippen molar-refractivity contribution in [3.05, 3.63) is 40.1 Å². The van der Waals surface area contributed by atoms with Gasteiger partial charge in [0, 0.05) is 0 Å². The van der Waals surface area contributed by atoms with E-state index in [1.807, 2.05) is 42.7 Å². The van der Waals surface area contributed by atoms with Gasteiger partial charge in [-0.15, -0.1) is 0 Å². The van der Waals surface area contributed by atoms with E-state index in [0.29, 0.717) is 29.0 Å². The summed E-state index contributed by atoms with van der Waals surface area (Å²) in [6, 6.07) is 7.81. The number of nitrogen functional groups attached to an aromatic ring is 1. The van der Waals surface area contributed by atoms with Crippen molar-refractivity contribution in [1.82, 2.24) is 19.5 Å². The molecule has 1 unspecified atom stereocenters. The Morgan fingerprint density at radius 1 is 1.31 bits per heavy atom. The van der Waals surface area contributed by atoms with Crippen LogP contribution in [0.15, 0.2) is 29.0 Å². The molecule has 0 saturated carbocycles. The highest BCUT2D eigenvalue weighted by molar-refractivity contribution is 9.10. The normalized spacial score (nSPS) is 17.6. The average Bonchev–Trinajstić information content (AvgIpc) is 3.26. The standard InChI is InChI=1S/C21H24BrN5O5/c1-21(2)31-11-14(32-21)10-30-20-25-17(23)16-18(26-20)27(19(22)24-16)9-13-6-4-5-12(7-13)8-15(28)29-3/h4-7,14H,8-11H2,1-3H3,(H2,23,25,26). The summed E-state index contributed by atoms with van der Waals surface area (Å²) in [7, 11) is 1.37. The van der Waals surface area contributed by atoms with Crippen LogP contribution < -0.4 is 10.5 Å². The zero-order chi connectivity index (χ0) is 22.9. The second kappa shape index (κ2) is 9.00. The number of methoxy groups -OCH3 is 1. The number of nitrogens with two attached hydrogens (primary N) is 1. The molecular weight excluding hydrogens is 482 g/mol. The van der Waals surface area contributed by atoms with Crippen LogP contribution in [-0.4, -0.2) is 57.7 Å². The third kappa shape index (κ3) is 5.00. The predicted molar refractivity (Wildman–Crippen MR) is 119 cm³/mol. The van der Waals surface area contributed by atoms with Gasteiger partial charge in [0.25, 0.3) is 0 Å². The number of carbonyl (C=O) groups is 1. The molecule has 1 fully saturated rings. The van der Waals surface area contributed by atoms with E-state index in [0.717, 1.165) is 11.1 Å². The summed E-state index contributed by atoms with van der Waals surface area (Å²) in [6.45, 7) is 4.82. The van der Waals surface area contributed by atoms with Crippen LogP contribution in [0, 0.1) is 0 Å². The Kier molecular flexibility index (Phi) is 6.31. The molecular formula is C21H24BrN5O5. The lowest BCUT2D eigenvalue weighted by molar-refractivity contribution is -0.141. The first-order valence-electron chi connectivity index (χ1n) is 10.0. The Bertz CT molecular complexity index is 1150. The molecule has 0 bridgehead atoms. The van der Waals surface area contributed by atoms with Crippen LogP contribution in [0.2, 0.25) is 0 Å². The number of fused-ring (bicyclic) bond motifs is 1. The first-order chi connectivity index (χ1) is 15.2. The minimum Gasteiger partial charge on any atom is -0.469 e. The zero-order valence-corrected chi connectivity index (χ0v) is 19.6. The molecule has 4 rings (SSSR count). The fraction of sp³-hybridized carbons (Fsp3) is 0.429. The number of hydrogen-bond donors (Lipinski definition) is 1. The quantitative estimate of drug-likeness (QED) is 0.380. The fourth-order valence-electron chi connectivity index (χ4n) is 3.45. The van der Waals surface area contributed by atoms with Crippen molar-refractivity contribution in [3.8, 4) is 6.01 Å². The molecule has 1 atom stereocenters. The third-order valence-corrected chi connectivity index (χ3v) is 5.53.